The summed E-state index contributed by atoms with van der Waals surface area (Å²) >= 11 is 0. The molecule has 0 bridgehead atoms. The first-order valence-corrected chi connectivity index (χ1v) is 10.3. The van der Waals surface area contributed by atoms with Crippen molar-refractivity contribution in [3.05, 3.63) is 11.7 Å². The normalized spacial score (nSPS) is 21.1. The number of urea groups is 1. The van der Waals surface area contributed by atoms with Crippen molar-refractivity contribution in [2.24, 2.45) is 0 Å². The Balaban J connectivity index is 1.60. The van der Waals surface area contributed by atoms with Crippen LogP contribution in [0.3, 0.4) is 0 Å². The number of aryl methyl sites for hydroxylation is 1. The first-order valence-electron chi connectivity index (χ1n) is 10.3. The summed E-state index contributed by atoms with van der Waals surface area (Å²) in [5.41, 5.74) is 0.108. The van der Waals surface area contributed by atoms with Gasteiger partial charge in [0.1, 0.15) is 0 Å². The zero-order chi connectivity index (χ0) is 19.3. The van der Waals surface area contributed by atoms with Crippen LogP contribution in [0.2, 0.25) is 0 Å². The number of carbonyl (C=O) groups is 1. The van der Waals surface area contributed by atoms with E-state index in [1.807, 2.05) is 6.92 Å². The Morgan fingerprint density at radius 3 is 2.52 bits per heavy atom. The van der Waals surface area contributed by atoms with Crippen LogP contribution in [0.15, 0.2) is 4.52 Å². The monoisotopic (exact) mass is 378 g/mol. The molecular formula is C19H34N6O2. The largest absolute Gasteiger partial charge is 0.340 e. The fourth-order valence-corrected chi connectivity index (χ4v) is 4.35. The maximum atomic E-state index is 12.8. The molecule has 152 valence electrons. The highest BCUT2D eigenvalue weighted by atomic mass is 16.5. The van der Waals surface area contributed by atoms with Crippen LogP contribution in [0.1, 0.15) is 50.7 Å². The molecule has 1 N–H and O–H groups in total. The minimum absolute atomic E-state index is 0.0426. The minimum Gasteiger partial charge on any atom is -0.340 e. The number of nitrogens with zero attached hydrogens (tertiary/aromatic N) is 5. The molecule has 1 aliphatic carbocycles. The van der Waals surface area contributed by atoms with E-state index < -0.39 is 0 Å². The lowest BCUT2D eigenvalue weighted by Gasteiger charge is -2.49. The number of nitrogens with one attached hydrogen (secondary N) is 1. The van der Waals surface area contributed by atoms with E-state index in [-0.39, 0.29) is 11.6 Å². The molecule has 2 fully saturated rings. The highest BCUT2D eigenvalue weighted by molar-refractivity contribution is 5.74. The first-order chi connectivity index (χ1) is 13.0. The summed E-state index contributed by atoms with van der Waals surface area (Å²) in [5, 5.41) is 7.13. The molecule has 0 spiro atoms. The zero-order valence-corrected chi connectivity index (χ0v) is 17.0. The van der Waals surface area contributed by atoms with Gasteiger partial charge in [-0.25, -0.2) is 4.79 Å². The van der Waals surface area contributed by atoms with E-state index in [0.717, 1.165) is 32.7 Å². The average Bonchev–Trinajstić information content (AvgIpc) is 3.10. The Kier molecular flexibility index (Phi) is 6.70. The van der Waals surface area contributed by atoms with E-state index in [4.69, 9.17) is 4.52 Å². The molecule has 0 atom stereocenters. The highest BCUT2D eigenvalue weighted by Crippen LogP contribution is 2.34. The second-order valence-electron chi connectivity index (χ2n) is 7.98. The fraction of sp³-hybridized carbons (Fsp3) is 0.842. The van der Waals surface area contributed by atoms with E-state index in [9.17, 15) is 4.79 Å². The van der Waals surface area contributed by atoms with E-state index in [1.54, 1.807) is 11.8 Å². The van der Waals surface area contributed by atoms with Gasteiger partial charge in [-0.3, -0.25) is 4.90 Å². The Hall–Kier alpha value is -1.67. The number of rotatable bonds is 6. The molecule has 0 aromatic carbocycles. The van der Waals surface area contributed by atoms with Gasteiger partial charge < -0.3 is 19.6 Å². The second kappa shape index (κ2) is 9.01. The van der Waals surface area contributed by atoms with Gasteiger partial charge in [-0.15, -0.1) is 0 Å². The Bertz CT molecular complexity index is 605. The third kappa shape index (κ3) is 4.99. The lowest BCUT2D eigenvalue weighted by molar-refractivity contribution is 0.0146. The van der Waals surface area contributed by atoms with Gasteiger partial charge in [-0.1, -0.05) is 24.4 Å². The Morgan fingerprint density at radius 2 is 1.93 bits per heavy atom. The first kappa shape index (κ1) is 20.1. The average molecular weight is 379 g/mol. The number of likely N-dealkylation sites (N-methyl/N-ethyl adjacent to an activating group) is 1. The van der Waals surface area contributed by atoms with Gasteiger partial charge in [0.05, 0.1) is 6.54 Å². The van der Waals surface area contributed by atoms with Crippen molar-refractivity contribution in [1.82, 2.24) is 30.2 Å². The summed E-state index contributed by atoms with van der Waals surface area (Å²) in [6, 6.07) is -0.0426. The molecule has 8 heteroatoms. The smallest absolute Gasteiger partial charge is 0.317 e. The van der Waals surface area contributed by atoms with E-state index >= 15 is 0 Å². The molecule has 3 rings (SSSR count). The van der Waals surface area contributed by atoms with Gasteiger partial charge in [-0.05, 0) is 26.8 Å². The molecule has 2 aliphatic rings. The van der Waals surface area contributed by atoms with Gasteiger partial charge >= 0.3 is 6.03 Å². The van der Waals surface area contributed by atoms with Gasteiger partial charge in [-0.2, -0.15) is 4.98 Å². The van der Waals surface area contributed by atoms with Gasteiger partial charge in [0.15, 0.2) is 5.82 Å². The molecule has 1 aromatic rings. The Labute approximate surface area is 162 Å². The molecule has 2 amide bonds. The van der Waals surface area contributed by atoms with Crippen molar-refractivity contribution in [2.45, 2.75) is 58.0 Å². The lowest BCUT2D eigenvalue weighted by atomic mass is 9.79. The van der Waals surface area contributed by atoms with Crippen LogP contribution in [0.25, 0.3) is 0 Å². The molecular weight excluding hydrogens is 344 g/mol. The second-order valence-corrected chi connectivity index (χ2v) is 7.98. The molecule has 0 unspecified atom stereocenters. The summed E-state index contributed by atoms with van der Waals surface area (Å²) < 4.78 is 5.02. The van der Waals surface area contributed by atoms with Crippen LogP contribution < -0.4 is 5.32 Å². The summed E-state index contributed by atoms with van der Waals surface area (Å²) in [4.78, 5) is 23.8. The predicted molar refractivity (Wildman–Crippen MR) is 103 cm³/mol. The van der Waals surface area contributed by atoms with Crippen molar-refractivity contribution in [3.63, 3.8) is 0 Å². The van der Waals surface area contributed by atoms with Crippen LogP contribution in [0, 0.1) is 6.92 Å². The van der Waals surface area contributed by atoms with Crippen LogP contribution >= 0.6 is 0 Å². The molecule has 1 aromatic heterocycles. The summed E-state index contributed by atoms with van der Waals surface area (Å²) in [5.74, 6) is 1.08. The van der Waals surface area contributed by atoms with Gasteiger partial charge in [0, 0.05) is 51.7 Å². The van der Waals surface area contributed by atoms with E-state index in [1.165, 1.54) is 32.1 Å². The molecule has 1 aliphatic heterocycles. The van der Waals surface area contributed by atoms with E-state index in [0.29, 0.717) is 24.8 Å². The fourth-order valence-electron chi connectivity index (χ4n) is 4.35. The third-order valence-corrected chi connectivity index (χ3v) is 6.10. The van der Waals surface area contributed by atoms with E-state index in [2.05, 4.69) is 32.3 Å². The van der Waals surface area contributed by atoms with Crippen molar-refractivity contribution in [3.8, 4) is 0 Å². The topological polar surface area (TPSA) is 77.7 Å². The number of hydrogen-bond acceptors (Lipinski definition) is 6. The van der Waals surface area contributed by atoms with Crippen molar-refractivity contribution in [1.29, 1.82) is 0 Å². The summed E-state index contributed by atoms with van der Waals surface area (Å²) in [6.45, 7) is 9.83. The standard InChI is InChI=1S/C19H34N6O2/c1-4-24(14-17-21-16(2)27-22-17)18(26)20-15-19(8-6-5-7-9-19)25-12-10-23(3)11-13-25/h4-15H2,1-3H3,(H,20,26). The van der Waals surface area contributed by atoms with Gasteiger partial charge in [0.25, 0.3) is 0 Å². The minimum atomic E-state index is -0.0426. The highest BCUT2D eigenvalue weighted by Gasteiger charge is 2.39. The van der Waals surface area contributed by atoms with Crippen LogP contribution in [-0.2, 0) is 6.54 Å². The maximum absolute atomic E-state index is 12.8. The quantitative estimate of drug-likeness (QED) is 0.814. The van der Waals surface area contributed by atoms with Gasteiger partial charge in [0.2, 0.25) is 5.89 Å². The SMILES string of the molecule is CCN(Cc1noc(C)n1)C(=O)NCC1(N2CCN(C)CC2)CCCCC1. The Morgan fingerprint density at radius 1 is 1.22 bits per heavy atom. The number of piperazine rings is 1. The molecule has 2 heterocycles. The van der Waals surface area contributed by atoms with Crippen molar-refractivity contribution >= 4 is 6.03 Å². The molecule has 8 nitrogen and oxygen atoms in total. The lowest BCUT2D eigenvalue weighted by Crippen LogP contribution is -2.62. The van der Waals surface area contributed by atoms with Crippen molar-refractivity contribution in [2.75, 3.05) is 46.3 Å². The number of hydrogen-bond donors (Lipinski definition) is 1. The molecule has 1 saturated carbocycles. The molecule has 0 radical (unpaired) electrons. The predicted octanol–water partition coefficient (Wildman–Crippen LogP) is 1.86. The van der Waals surface area contributed by atoms with Crippen molar-refractivity contribution < 1.29 is 9.32 Å². The number of amides is 2. The number of aromatic nitrogens is 2. The van der Waals surface area contributed by atoms with Crippen LogP contribution in [0.5, 0.6) is 0 Å². The van der Waals surface area contributed by atoms with Crippen LogP contribution in [-0.4, -0.2) is 82.7 Å². The molecule has 27 heavy (non-hydrogen) atoms. The summed E-state index contributed by atoms with van der Waals surface area (Å²) in [6.07, 6.45) is 6.16. The maximum Gasteiger partial charge on any atom is 0.317 e. The zero-order valence-electron chi connectivity index (χ0n) is 17.0. The summed E-state index contributed by atoms with van der Waals surface area (Å²) in [7, 11) is 2.19. The van der Waals surface area contributed by atoms with Crippen LogP contribution in [0.4, 0.5) is 4.79 Å². The molecule has 1 saturated heterocycles. The third-order valence-electron chi connectivity index (χ3n) is 6.10. The number of carbonyl (C=O) groups excluding carboxylic acids is 1.